The fourth-order valence-electron chi connectivity index (χ4n) is 4.34. The molecule has 1 aromatic heterocycles. The molecule has 0 bridgehead atoms. The number of amides is 1. The van der Waals surface area contributed by atoms with E-state index < -0.39 is 5.92 Å². The normalized spacial score (nSPS) is 14.7. The first-order valence-corrected chi connectivity index (χ1v) is 11.4. The quantitative estimate of drug-likeness (QED) is 0.425. The van der Waals surface area contributed by atoms with Crippen molar-refractivity contribution in [2.75, 3.05) is 12.4 Å². The summed E-state index contributed by atoms with van der Waals surface area (Å²) in [7, 11) is 1.57. The highest BCUT2D eigenvalue weighted by Crippen LogP contribution is 2.38. The number of aryl methyl sites for hydroxylation is 1. The number of carbonyl (C=O) groups is 1. The van der Waals surface area contributed by atoms with Crippen LogP contribution in [0.4, 0.5) is 5.82 Å². The monoisotopic (exact) mass is 467 g/mol. The van der Waals surface area contributed by atoms with Gasteiger partial charge < -0.3 is 19.8 Å². The van der Waals surface area contributed by atoms with Gasteiger partial charge in [-0.1, -0.05) is 60.7 Å². The second-order valence-electron chi connectivity index (χ2n) is 8.47. The number of nitrogens with zero attached hydrogens (tertiary/aromatic N) is 1. The van der Waals surface area contributed by atoms with Crippen molar-refractivity contribution in [3.8, 4) is 22.9 Å². The van der Waals surface area contributed by atoms with Crippen LogP contribution in [0.1, 0.15) is 34.6 Å². The van der Waals surface area contributed by atoms with Crippen LogP contribution >= 0.6 is 0 Å². The van der Waals surface area contributed by atoms with Gasteiger partial charge in [-0.05, 0) is 35.7 Å². The topological polar surface area (TPSA) is 93.3 Å². The Morgan fingerprint density at radius 1 is 0.971 bits per heavy atom. The number of aromatic nitrogens is 2. The summed E-state index contributed by atoms with van der Waals surface area (Å²) in [5.74, 6) is 1.17. The molecular weight excluding hydrogens is 442 g/mol. The average Bonchev–Trinajstić information content (AvgIpc) is 2.88. The number of H-pyrrole nitrogens is 1. The molecule has 0 aliphatic carbocycles. The molecular formula is C28H25N3O4. The van der Waals surface area contributed by atoms with Crippen molar-refractivity contribution in [3.63, 3.8) is 0 Å². The predicted molar refractivity (Wildman–Crippen MR) is 134 cm³/mol. The number of hydrogen-bond acceptors (Lipinski definition) is 5. The first-order valence-electron chi connectivity index (χ1n) is 11.4. The van der Waals surface area contributed by atoms with Crippen molar-refractivity contribution in [1.29, 1.82) is 0 Å². The zero-order valence-corrected chi connectivity index (χ0v) is 19.5. The van der Waals surface area contributed by atoms with Crippen molar-refractivity contribution in [3.05, 3.63) is 105 Å². The molecule has 1 atom stereocenters. The summed E-state index contributed by atoms with van der Waals surface area (Å²) < 4.78 is 11.6. The lowest BCUT2D eigenvalue weighted by Crippen LogP contribution is -2.31. The van der Waals surface area contributed by atoms with Crippen molar-refractivity contribution in [2.24, 2.45) is 0 Å². The molecule has 1 aliphatic heterocycles. The molecule has 176 valence electrons. The van der Waals surface area contributed by atoms with Gasteiger partial charge in [0.25, 0.3) is 5.56 Å². The van der Waals surface area contributed by atoms with Gasteiger partial charge in [0.15, 0.2) is 11.5 Å². The highest BCUT2D eigenvalue weighted by atomic mass is 16.5. The minimum Gasteiger partial charge on any atom is -0.493 e. The van der Waals surface area contributed by atoms with Gasteiger partial charge in [0.2, 0.25) is 5.91 Å². The van der Waals surface area contributed by atoms with Crippen LogP contribution in [0.5, 0.6) is 11.5 Å². The Kier molecular flexibility index (Phi) is 6.06. The molecule has 1 amide bonds. The maximum Gasteiger partial charge on any atom is 0.257 e. The smallest absolute Gasteiger partial charge is 0.257 e. The minimum atomic E-state index is -0.459. The fraction of sp³-hybridized carbons (Fsp3) is 0.179. The highest BCUT2D eigenvalue weighted by molar-refractivity contribution is 5.94. The van der Waals surface area contributed by atoms with E-state index in [1.54, 1.807) is 7.11 Å². The molecule has 1 aliphatic rings. The van der Waals surface area contributed by atoms with Crippen molar-refractivity contribution in [2.45, 2.75) is 25.9 Å². The molecule has 0 unspecified atom stereocenters. The van der Waals surface area contributed by atoms with E-state index in [0.717, 1.165) is 22.3 Å². The number of methoxy groups -OCH3 is 1. The van der Waals surface area contributed by atoms with Crippen LogP contribution in [0, 0.1) is 6.92 Å². The van der Waals surface area contributed by atoms with Crippen LogP contribution in [0.2, 0.25) is 0 Å². The number of hydrogen-bond donors (Lipinski definition) is 2. The van der Waals surface area contributed by atoms with Crippen molar-refractivity contribution < 1.29 is 14.3 Å². The van der Waals surface area contributed by atoms with Gasteiger partial charge in [-0.15, -0.1) is 0 Å². The van der Waals surface area contributed by atoms with Crippen LogP contribution < -0.4 is 20.3 Å². The second kappa shape index (κ2) is 9.46. The molecule has 2 heterocycles. The Morgan fingerprint density at radius 2 is 1.74 bits per heavy atom. The molecule has 0 spiro atoms. The highest BCUT2D eigenvalue weighted by Gasteiger charge is 2.31. The van der Waals surface area contributed by atoms with Gasteiger partial charge in [-0.2, -0.15) is 0 Å². The number of nitrogens with one attached hydrogen (secondary N) is 2. The standard InChI is InChI=1S/C28H25N3O4/c1-17-8-6-7-11-20(17)16-35-22-13-12-19(14-23(22)34-2)21-15-24(32)29-27-25(21)28(33)31-26(30-27)18-9-4-3-5-10-18/h3-14,21H,15-16H2,1-2H3,(H2,29,30,31,32,33)/t21-/m0/s1. The van der Waals surface area contributed by atoms with Gasteiger partial charge in [-0.3, -0.25) is 9.59 Å². The predicted octanol–water partition coefficient (Wildman–Crippen LogP) is 4.81. The van der Waals surface area contributed by atoms with E-state index in [4.69, 9.17) is 9.47 Å². The second-order valence-corrected chi connectivity index (χ2v) is 8.47. The molecule has 0 fully saturated rings. The third kappa shape index (κ3) is 4.53. The fourth-order valence-corrected chi connectivity index (χ4v) is 4.34. The molecule has 0 saturated carbocycles. The largest absolute Gasteiger partial charge is 0.493 e. The molecule has 4 aromatic rings. The number of rotatable bonds is 6. The Labute approximate surface area is 202 Å². The summed E-state index contributed by atoms with van der Waals surface area (Å²) in [5.41, 5.74) is 3.93. The first-order chi connectivity index (χ1) is 17.0. The van der Waals surface area contributed by atoms with Crippen LogP contribution in [0.3, 0.4) is 0 Å². The van der Waals surface area contributed by atoms with Gasteiger partial charge in [0, 0.05) is 17.9 Å². The average molecular weight is 468 g/mol. The van der Waals surface area contributed by atoms with Crippen molar-refractivity contribution >= 4 is 11.7 Å². The molecule has 5 rings (SSSR count). The number of ether oxygens (including phenoxy) is 2. The number of aromatic amines is 1. The van der Waals surface area contributed by atoms with E-state index >= 15 is 0 Å². The van der Waals surface area contributed by atoms with E-state index in [2.05, 4.69) is 15.3 Å². The molecule has 35 heavy (non-hydrogen) atoms. The summed E-state index contributed by atoms with van der Waals surface area (Å²) in [6.07, 6.45) is 0.134. The third-order valence-corrected chi connectivity index (χ3v) is 6.23. The summed E-state index contributed by atoms with van der Waals surface area (Å²) in [4.78, 5) is 33.2. The molecule has 3 aromatic carbocycles. The zero-order valence-electron chi connectivity index (χ0n) is 19.5. The Hall–Kier alpha value is -4.39. The lowest BCUT2D eigenvalue weighted by atomic mass is 9.86. The lowest BCUT2D eigenvalue weighted by Gasteiger charge is -2.25. The van der Waals surface area contributed by atoms with Crippen LogP contribution in [-0.2, 0) is 11.4 Å². The van der Waals surface area contributed by atoms with Gasteiger partial charge in [0.1, 0.15) is 18.2 Å². The summed E-state index contributed by atoms with van der Waals surface area (Å²) in [5, 5.41) is 2.77. The van der Waals surface area contributed by atoms with Crippen LogP contribution in [0.25, 0.3) is 11.4 Å². The maximum atomic E-state index is 13.2. The van der Waals surface area contributed by atoms with Crippen molar-refractivity contribution in [1.82, 2.24) is 9.97 Å². The van der Waals surface area contributed by atoms with E-state index in [0.29, 0.717) is 29.5 Å². The SMILES string of the molecule is COc1cc([C@@H]2CC(=O)Nc3nc(-c4ccccc4)[nH]c(=O)c32)ccc1OCc1ccccc1C. The van der Waals surface area contributed by atoms with E-state index in [-0.39, 0.29) is 23.7 Å². The number of anilines is 1. The molecule has 0 radical (unpaired) electrons. The van der Waals surface area contributed by atoms with Crippen LogP contribution in [-0.4, -0.2) is 23.0 Å². The summed E-state index contributed by atoms with van der Waals surface area (Å²) >= 11 is 0. The number of fused-ring (bicyclic) bond motifs is 1. The first kappa shape index (κ1) is 22.4. The molecule has 2 N–H and O–H groups in total. The zero-order chi connectivity index (χ0) is 24.4. The summed E-state index contributed by atoms with van der Waals surface area (Å²) in [6, 6.07) is 22.9. The minimum absolute atomic E-state index is 0.134. The number of benzene rings is 3. The van der Waals surface area contributed by atoms with Gasteiger partial charge in [0.05, 0.1) is 12.7 Å². The molecule has 7 heteroatoms. The maximum absolute atomic E-state index is 13.2. The Balaban J connectivity index is 1.48. The van der Waals surface area contributed by atoms with E-state index in [1.807, 2.05) is 79.7 Å². The third-order valence-electron chi connectivity index (χ3n) is 6.23. The van der Waals surface area contributed by atoms with E-state index in [9.17, 15) is 9.59 Å². The number of carbonyl (C=O) groups excluding carboxylic acids is 1. The Morgan fingerprint density at radius 3 is 2.51 bits per heavy atom. The summed E-state index contributed by atoms with van der Waals surface area (Å²) in [6.45, 7) is 2.45. The van der Waals surface area contributed by atoms with Crippen LogP contribution in [0.15, 0.2) is 77.6 Å². The molecule has 7 nitrogen and oxygen atoms in total. The van der Waals surface area contributed by atoms with Gasteiger partial charge >= 0.3 is 0 Å². The Bertz CT molecular complexity index is 1450. The van der Waals surface area contributed by atoms with Gasteiger partial charge in [-0.25, -0.2) is 4.98 Å². The van der Waals surface area contributed by atoms with E-state index in [1.165, 1.54) is 0 Å². The molecule has 0 saturated heterocycles. The lowest BCUT2D eigenvalue weighted by molar-refractivity contribution is -0.116.